The van der Waals surface area contributed by atoms with Crippen molar-refractivity contribution in [1.29, 1.82) is 0 Å². The van der Waals surface area contributed by atoms with Crippen LogP contribution in [0.25, 0.3) is 0 Å². The number of nitro benzene ring substituents is 1. The summed E-state index contributed by atoms with van der Waals surface area (Å²) in [7, 11) is 0. The molecule has 0 amide bonds. The largest absolute Gasteiger partial charge is 0.481 e. The first kappa shape index (κ1) is 12.4. The number of carboxylic acids is 1. The Labute approximate surface area is 96.0 Å². The topological polar surface area (TPSA) is 97.5 Å². The molecule has 6 heteroatoms. The van der Waals surface area contributed by atoms with Gasteiger partial charge in [-0.3, -0.25) is 19.7 Å². The van der Waals surface area contributed by atoms with E-state index in [-0.39, 0.29) is 23.2 Å². The second-order valence-electron chi connectivity index (χ2n) is 3.02. The van der Waals surface area contributed by atoms with E-state index in [1.54, 1.807) is 0 Å². The molecule has 1 aromatic rings. The average molecular weight is 233 g/mol. The fourth-order valence-corrected chi connectivity index (χ4v) is 1.09. The fourth-order valence-electron chi connectivity index (χ4n) is 1.09. The van der Waals surface area contributed by atoms with E-state index in [9.17, 15) is 19.7 Å². The van der Waals surface area contributed by atoms with Crippen molar-refractivity contribution in [3.63, 3.8) is 0 Å². The number of aldehydes is 1. The van der Waals surface area contributed by atoms with E-state index in [1.165, 1.54) is 12.1 Å². The van der Waals surface area contributed by atoms with E-state index in [1.807, 2.05) is 0 Å². The van der Waals surface area contributed by atoms with Crippen LogP contribution in [0.15, 0.2) is 18.2 Å². The predicted molar refractivity (Wildman–Crippen MR) is 57.6 cm³/mol. The fraction of sp³-hybridized carbons (Fsp3) is 0.0909. The number of nitrogens with zero attached hydrogens (tertiary/aromatic N) is 1. The van der Waals surface area contributed by atoms with Gasteiger partial charge in [0.25, 0.3) is 5.69 Å². The van der Waals surface area contributed by atoms with Gasteiger partial charge in [0.15, 0.2) is 6.29 Å². The maximum absolute atomic E-state index is 10.7. The Morgan fingerprint density at radius 3 is 2.76 bits per heavy atom. The third kappa shape index (κ3) is 3.43. The molecule has 17 heavy (non-hydrogen) atoms. The van der Waals surface area contributed by atoms with Gasteiger partial charge in [0, 0.05) is 23.3 Å². The first-order valence-electron chi connectivity index (χ1n) is 4.49. The molecule has 0 heterocycles. The average Bonchev–Trinajstić information content (AvgIpc) is 2.28. The van der Waals surface area contributed by atoms with Crippen LogP contribution < -0.4 is 0 Å². The summed E-state index contributed by atoms with van der Waals surface area (Å²) in [5.74, 6) is 3.75. The second-order valence-corrected chi connectivity index (χ2v) is 3.02. The van der Waals surface area contributed by atoms with Gasteiger partial charge in [0.1, 0.15) is 6.42 Å². The first-order valence-corrected chi connectivity index (χ1v) is 4.49. The number of nitro groups is 1. The van der Waals surface area contributed by atoms with Gasteiger partial charge in [-0.1, -0.05) is 11.8 Å². The molecule has 0 radical (unpaired) electrons. The lowest BCUT2D eigenvalue weighted by molar-refractivity contribution is -0.384. The lowest BCUT2D eigenvalue weighted by Gasteiger charge is -1.96. The lowest BCUT2D eigenvalue weighted by atomic mass is 10.1. The van der Waals surface area contributed by atoms with Crippen molar-refractivity contribution in [2.45, 2.75) is 6.42 Å². The van der Waals surface area contributed by atoms with Gasteiger partial charge in [-0.15, -0.1) is 0 Å². The van der Waals surface area contributed by atoms with Gasteiger partial charge in [0.2, 0.25) is 0 Å². The van der Waals surface area contributed by atoms with Gasteiger partial charge in [-0.25, -0.2) is 0 Å². The summed E-state index contributed by atoms with van der Waals surface area (Å²) in [6, 6.07) is 3.62. The van der Waals surface area contributed by atoms with E-state index in [4.69, 9.17) is 5.11 Å². The van der Waals surface area contributed by atoms with E-state index in [0.717, 1.165) is 6.07 Å². The van der Waals surface area contributed by atoms with Crippen molar-refractivity contribution in [3.05, 3.63) is 39.4 Å². The molecule has 1 N–H and O–H groups in total. The van der Waals surface area contributed by atoms with E-state index in [0.29, 0.717) is 6.29 Å². The van der Waals surface area contributed by atoms with Crippen molar-refractivity contribution in [2.24, 2.45) is 0 Å². The quantitative estimate of drug-likeness (QED) is 0.366. The summed E-state index contributed by atoms with van der Waals surface area (Å²) >= 11 is 0. The van der Waals surface area contributed by atoms with Crippen molar-refractivity contribution < 1.29 is 19.6 Å². The maximum atomic E-state index is 10.7. The van der Waals surface area contributed by atoms with Gasteiger partial charge in [-0.05, 0) is 6.07 Å². The molecular weight excluding hydrogens is 226 g/mol. The minimum atomic E-state index is -1.08. The van der Waals surface area contributed by atoms with Crippen LogP contribution in [0.5, 0.6) is 0 Å². The number of rotatable bonds is 3. The molecule has 0 saturated heterocycles. The van der Waals surface area contributed by atoms with Gasteiger partial charge in [0.05, 0.1) is 4.92 Å². The summed E-state index contributed by atoms with van der Waals surface area (Å²) in [4.78, 5) is 30.8. The minimum Gasteiger partial charge on any atom is -0.481 e. The number of aliphatic carboxylic acids is 1. The molecule has 0 unspecified atom stereocenters. The Bertz CT molecular complexity index is 539. The van der Waals surface area contributed by atoms with Gasteiger partial charge in [-0.2, -0.15) is 0 Å². The highest BCUT2D eigenvalue weighted by Crippen LogP contribution is 2.15. The normalized spacial score (nSPS) is 8.94. The molecule has 0 aliphatic rings. The summed E-state index contributed by atoms with van der Waals surface area (Å²) in [5, 5.41) is 18.8. The third-order valence-corrected chi connectivity index (χ3v) is 1.84. The number of carbonyl (C=O) groups excluding carboxylic acids is 1. The van der Waals surface area contributed by atoms with Crippen molar-refractivity contribution in [3.8, 4) is 11.8 Å². The molecule has 0 fully saturated rings. The van der Waals surface area contributed by atoms with Crippen LogP contribution in [0.4, 0.5) is 5.69 Å². The van der Waals surface area contributed by atoms with Crippen LogP contribution in [0.1, 0.15) is 22.3 Å². The van der Waals surface area contributed by atoms with Crippen molar-refractivity contribution in [2.75, 3.05) is 0 Å². The predicted octanol–water partition coefficient (Wildman–Crippen LogP) is 1.23. The molecule has 0 aromatic heterocycles. The molecule has 1 aromatic carbocycles. The SMILES string of the molecule is O=Cc1cc([N+](=O)[O-])ccc1C#CCC(=O)O. The molecule has 6 nitrogen and oxygen atoms in total. The molecule has 86 valence electrons. The highest BCUT2D eigenvalue weighted by Gasteiger charge is 2.08. The summed E-state index contributed by atoms with van der Waals surface area (Å²) < 4.78 is 0. The number of carboxylic acid groups (broad SMARTS) is 1. The van der Waals surface area contributed by atoms with E-state index >= 15 is 0 Å². The minimum absolute atomic E-state index is 0.0667. The van der Waals surface area contributed by atoms with Crippen LogP contribution in [-0.2, 0) is 4.79 Å². The smallest absolute Gasteiger partial charge is 0.315 e. The molecule has 0 aliphatic heterocycles. The Hall–Kier alpha value is -2.68. The van der Waals surface area contributed by atoms with E-state index < -0.39 is 10.9 Å². The highest BCUT2D eigenvalue weighted by molar-refractivity contribution is 5.81. The highest BCUT2D eigenvalue weighted by atomic mass is 16.6. The molecule has 0 spiro atoms. The molecular formula is C11H7NO5. The maximum Gasteiger partial charge on any atom is 0.315 e. The van der Waals surface area contributed by atoms with Crippen LogP contribution >= 0.6 is 0 Å². The van der Waals surface area contributed by atoms with Crippen molar-refractivity contribution in [1.82, 2.24) is 0 Å². The van der Waals surface area contributed by atoms with Gasteiger partial charge < -0.3 is 5.11 Å². The Balaban J connectivity index is 3.07. The molecule has 0 atom stereocenters. The van der Waals surface area contributed by atoms with Crippen molar-refractivity contribution >= 4 is 17.9 Å². The van der Waals surface area contributed by atoms with Crippen LogP contribution in [0.2, 0.25) is 0 Å². The van der Waals surface area contributed by atoms with Gasteiger partial charge >= 0.3 is 5.97 Å². The standard InChI is InChI=1S/C11H7NO5/c13-7-9-6-10(12(16)17)5-4-8(9)2-1-3-11(14)15/h4-7H,3H2,(H,14,15). The third-order valence-electron chi connectivity index (χ3n) is 1.84. The number of benzene rings is 1. The summed E-state index contributed by atoms with van der Waals surface area (Å²) in [5.41, 5.74) is 0.125. The second kappa shape index (κ2) is 5.42. The monoisotopic (exact) mass is 233 g/mol. The summed E-state index contributed by atoms with van der Waals surface area (Å²) in [6.45, 7) is 0. The van der Waals surface area contributed by atoms with Crippen LogP contribution in [-0.4, -0.2) is 22.3 Å². The Kier molecular flexibility index (Phi) is 3.95. The molecule has 0 saturated carbocycles. The zero-order valence-electron chi connectivity index (χ0n) is 8.54. The van der Waals surface area contributed by atoms with Crippen LogP contribution in [0, 0.1) is 22.0 Å². The zero-order valence-corrected chi connectivity index (χ0v) is 8.54. The van der Waals surface area contributed by atoms with E-state index in [2.05, 4.69) is 11.8 Å². The molecule has 0 bridgehead atoms. The number of hydrogen-bond acceptors (Lipinski definition) is 4. The number of carbonyl (C=O) groups is 2. The molecule has 1 rings (SSSR count). The summed E-state index contributed by atoms with van der Waals surface area (Å²) in [6.07, 6.45) is 0.0903. The Morgan fingerprint density at radius 1 is 1.53 bits per heavy atom. The number of non-ortho nitro benzene ring substituents is 1. The lowest BCUT2D eigenvalue weighted by Crippen LogP contribution is -1.94. The number of hydrogen-bond donors (Lipinski definition) is 1. The molecule has 0 aliphatic carbocycles. The first-order chi connectivity index (χ1) is 8.04. The zero-order chi connectivity index (χ0) is 12.8. The van der Waals surface area contributed by atoms with Crippen LogP contribution in [0.3, 0.4) is 0 Å². The Morgan fingerprint density at radius 2 is 2.24 bits per heavy atom.